The number of aryl methyl sites for hydroxylation is 1. The standard InChI is InChI=1S/C17H25N/c1-13-10-11-14-6-5-9-17(16(14)12-13)18-15-7-3-2-4-8-15/h5-6,9,13,15,18H,2-4,7-8,10-12H2,1H3. The second-order valence-corrected chi connectivity index (χ2v) is 6.27. The first kappa shape index (κ1) is 12.1. The van der Waals surface area contributed by atoms with Crippen molar-refractivity contribution in [1.82, 2.24) is 0 Å². The maximum atomic E-state index is 3.83. The summed E-state index contributed by atoms with van der Waals surface area (Å²) in [5.74, 6) is 0.854. The number of anilines is 1. The van der Waals surface area contributed by atoms with Crippen LogP contribution in [0.25, 0.3) is 0 Å². The minimum atomic E-state index is 0.725. The number of rotatable bonds is 2. The molecule has 0 aliphatic heterocycles. The Kier molecular flexibility index (Phi) is 3.58. The van der Waals surface area contributed by atoms with Crippen LogP contribution in [-0.2, 0) is 12.8 Å². The molecule has 1 unspecified atom stereocenters. The summed E-state index contributed by atoms with van der Waals surface area (Å²) in [4.78, 5) is 0. The second kappa shape index (κ2) is 5.34. The molecule has 0 bridgehead atoms. The van der Waals surface area contributed by atoms with Gasteiger partial charge in [0.05, 0.1) is 0 Å². The molecule has 1 heteroatoms. The zero-order valence-corrected chi connectivity index (χ0v) is 11.5. The van der Waals surface area contributed by atoms with Crippen LogP contribution in [0.4, 0.5) is 5.69 Å². The van der Waals surface area contributed by atoms with Crippen molar-refractivity contribution in [2.45, 2.75) is 64.3 Å². The quantitative estimate of drug-likeness (QED) is 0.803. The molecule has 0 amide bonds. The van der Waals surface area contributed by atoms with Crippen molar-refractivity contribution in [2.24, 2.45) is 5.92 Å². The van der Waals surface area contributed by atoms with E-state index in [0.717, 1.165) is 12.0 Å². The van der Waals surface area contributed by atoms with Gasteiger partial charge in [0.25, 0.3) is 0 Å². The molecule has 0 radical (unpaired) electrons. The first-order chi connectivity index (χ1) is 8.83. The minimum absolute atomic E-state index is 0.725. The molecule has 0 saturated heterocycles. The van der Waals surface area contributed by atoms with Gasteiger partial charge in [-0.05, 0) is 55.2 Å². The molecule has 2 aliphatic carbocycles. The van der Waals surface area contributed by atoms with Crippen LogP contribution < -0.4 is 5.32 Å². The highest BCUT2D eigenvalue weighted by molar-refractivity contribution is 5.56. The average Bonchev–Trinajstić information content (AvgIpc) is 2.41. The van der Waals surface area contributed by atoms with Crippen LogP contribution in [-0.4, -0.2) is 6.04 Å². The summed E-state index contributed by atoms with van der Waals surface area (Å²) in [5, 5.41) is 3.83. The molecule has 3 rings (SSSR count). The summed E-state index contributed by atoms with van der Waals surface area (Å²) < 4.78 is 0. The predicted molar refractivity (Wildman–Crippen MR) is 78.1 cm³/mol. The fraction of sp³-hybridized carbons (Fsp3) is 0.647. The van der Waals surface area contributed by atoms with Gasteiger partial charge in [0.1, 0.15) is 0 Å². The van der Waals surface area contributed by atoms with Crippen LogP contribution >= 0.6 is 0 Å². The Hall–Kier alpha value is -0.980. The summed E-state index contributed by atoms with van der Waals surface area (Å²) in [6.07, 6.45) is 10.9. The highest BCUT2D eigenvalue weighted by atomic mass is 14.9. The zero-order chi connectivity index (χ0) is 12.4. The lowest BCUT2D eigenvalue weighted by molar-refractivity contribution is 0.460. The molecule has 0 spiro atoms. The fourth-order valence-electron chi connectivity index (χ4n) is 3.56. The first-order valence-corrected chi connectivity index (χ1v) is 7.70. The normalized spacial score (nSPS) is 24.6. The summed E-state index contributed by atoms with van der Waals surface area (Å²) in [5.41, 5.74) is 4.64. The number of nitrogens with one attached hydrogen (secondary N) is 1. The van der Waals surface area contributed by atoms with Crippen LogP contribution in [0.15, 0.2) is 18.2 Å². The lowest BCUT2D eigenvalue weighted by Gasteiger charge is -2.29. The topological polar surface area (TPSA) is 12.0 Å². The monoisotopic (exact) mass is 243 g/mol. The summed E-state index contributed by atoms with van der Waals surface area (Å²) in [7, 11) is 0. The number of benzene rings is 1. The van der Waals surface area contributed by atoms with Crippen molar-refractivity contribution in [3.63, 3.8) is 0 Å². The molecule has 1 fully saturated rings. The number of hydrogen-bond acceptors (Lipinski definition) is 1. The predicted octanol–water partition coefficient (Wildman–Crippen LogP) is 4.56. The molecule has 1 aromatic carbocycles. The molecule has 1 aromatic rings. The van der Waals surface area contributed by atoms with Crippen LogP contribution in [0.3, 0.4) is 0 Å². The van der Waals surface area contributed by atoms with E-state index in [1.165, 1.54) is 57.1 Å². The van der Waals surface area contributed by atoms with Crippen LogP contribution in [0, 0.1) is 5.92 Å². The van der Waals surface area contributed by atoms with E-state index >= 15 is 0 Å². The maximum Gasteiger partial charge on any atom is 0.0377 e. The Bertz CT molecular complexity index is 404. The molecule has 0 heterocycles. The van der Waals surface area contributed by atoms with Gasteiger partial charge in [-0.25, -0.2) is 0 Å². The van der Waals surface area contributed by atoms with E-state index < -0.39 is 0 Å². The van der Waals surface area contributed by atoms with Crippen molar-refractivity contribution in [3.05, 3.63) is 29.3 Å². The molecular formula is C17H25N. The number of fused-ring (bicyclic) bond motifs is 1. The summed E-state index contributed by atoms with van der Waals surface area (Å²) in [6, 6.07) is 7.58. The summed E-state index contributed by atoms with van der Waals surface area (Å²) >= 11 is 0. The smallest absolute Gasteiger partial charge is 0.0377 e. The second-order valence-electron chi connectivity index (χ2n) is 6.27. The first-order valence-electron chi connectivity index (χ1n) is 7.70. The third-order valence-corrected chi connectivity index (χ3v) is 4.70. The molecule has 18 heavy (non-hydrogen) atoms. The molecule has 98 valence electrons. The molecule has 1 N–H and O–H groups in total. The largest absolute Gasteiger partial charge is 0.382 e. The highest BCUT2D eigenvalue weighted by Crippen LogP contribution is 2.32. The van der Waals surface area contributed by atoms with Crippen molar-refractivity contribution in [2.75, 3.05) is 5.32 Å². The Morgan fingerprint density at radius 3 is 2.72 bits per heavy atom. The zero-order valence-electron chi connectivity index (χ0n) is 11.5. The van der Waals surface area contributed by atoms with Gasteiger partial charge in [-0.1, -0.05) is 38.3 Å². The molecule has 1 nitrogen and oxygen atoms in total. The van der Waals surface area contributed by atoms with Gasteiger partial charge in [-0.3, -0.25) is 0 Å². The molecule has 1 saturated carbocycles. The van der Waals surface area contributed by atoms with E-state index in [1.54, 1.807) is 11.1 Å². The third kappa shape index (κ3) is 2.55. The van der Waals surface area contributed by atoms with E-state index in [-0.39, 0.29) is 0 Å². The lowest BCUT2D eigenvalue weighted by Crippen LogP contribution is -2.24. The Morgan fingerprint density at radius 1 is 1.06 bits per heavy atom. The van der Waals surface area contributed by atoms with Crippen LogP contribution in [0.2, 0.25) is 0 Å². The van der Waals surface area contributed by atoms with E-state index in [0.29, 0.717) is 0 Å². The van der Waals surface area contributed by atoms with E-state index in [9.17, 15) is 0 Å². The minimum Gasteiger partial charge on any atom is -0.382 e. The van der Waals surface area contributed by atoms with Crippen LogP contribution in [0.5, 0.6) is 0 Å². The highest BCUT2D eigenvalue weighted by Gasteiger charge is 2.20. The SMILES string of the molecule is CC1CCc2cccc(NC3CCCCC3)c2C1. The maximum absolute atomic E-state index is 3.83. The molecule has 2 aliphatic rings. The van der Waals surface area contributed by atoms with E-state index in [2.05, 4.69) is 30.4 Å². The van der Waals surface area contributed by atoms with Crippen molar-refractivity contribution >= 4 is 5.69 Å². The Morgan fingerprint density at radius 2 is 1.89 bits per heavy atom. The Labute approximate surface area is 111 Å². The van der Waals surface area contributed by atoms with Gasteiger partial charge < -0.3 is 5.32 Å². The van der Waals surface area contributed by atoms with E-state index in [1.807, 2.05) is 0 Å². The van der Waals surface area contributed by atoms with Gasteiger partial charge in [0.15, 0.2) is 0 Å². The lowest BCUT2D eigenvalue weighted by atomic mass is 9.83. The van der Waals surface area contributed by atoms with Gasteiger partial charge in [-0.15, -0.1) is 0 Å². The van der Waals surface area contributed by atoms with Gasteiger partial charge in [-0.2, -0.15) is 0 Å². The molecule has 1 atom stereocenters. The molecular weight excluding hydrogens is 218 g/mol. The van der Waals surface area contributed by atoms with Crippen LogP contribution in [0.1, 0.15) is 56.6 Å². The van der Waals surface area contributed by atoms with Gasteiger partial charge in [0, 0.05) is 11.7 Å². The fourth-order valence-corrected chi connectivity index (χ4v) is 3.56. The van der Waals surface area contributed by atoms with E-state index in [4.69, 9.17) is 0 Å². The molecule has 0 aromatic heterocycles. The Balaban J connectivity index is 1.79. The third-order valence-electron chi connectivity index (χ3n) is 4.70. The van der Waals surface area contributed by atoms with Crippen molar-refractivity contribution in [1.29, 1.82) is 0 Å². The van der Waals surface area contributed by atoms with Crippen molar-refractivity contribution in [3.8, 4) is 0 Å². The average molecular weight is 243 g/mol. The number of hydrogen-bond donors (Lipinski definition) is 1. The summed E-state index contributed by atoms with van der Waals surface area (Å²) in [6.45, 7) is 2.39. The van der Waals surface area contributed by atoms with Crippen molar-refractivity contribution < 1.29 is 0 Å². The van der Waals surface area contributed by atoms with Gasteiger partial charge >= 0.3 is 0 Å². The van der Waals surface area contributed by atoms with Gasteiger partial charge in [0.2, 0.25) is 0 Å².